The molecule has 1 saturated heterocycles. The van der Waals surface area contributed by atoms with Crippen molar-refractivity contribution in [1.82, 2.24) is 20.1 Å². The van der Waals surface area contributed by atoms with Crippen LogP contribution in [0.15, 0.2) is 17.1 Å². The monoisotopic (exact) mass is 262 g/mol. The Balaban J connectivity index is 1.85. The molecule has 0 radical (unpaired) electrons. The van der Waals surface area contributed by atoms with Gasteiger partial charge in [-0.2, -0.15) is 5.10 Å². The van der Waals surface area contributed by atoms with Crippen molar-refractivity contribution in [3.63, 3.8) is 0 Å². The number of aromatic nitrogens is 3. The first-order valence-electron chi connectivity index (χ1n) is 6.46. The molecule has 0 aromatic carbocycles. The predicted molar refractivity (Wildman–Crippen MR) is 68.5 cm³/mol. The van der Waals surface area contributed by atoms with Crippen molar-refractivity contribution in [2.75, 3.05) is 19.8 Å². The Morgan fingerprint density at radius 1 is 1.47 bits per heavy atom. The van der Waals surface area contributed by atoms with Gasteiger partial charge in [0.1, 0.15) is 6.26 Å². The Labute approximate surface area is 111 Å². The third-order valence-corrected chi connectivity index (χ3v) is 3.61. The first kappa shape index (κ1) is 12.4. The molecule has 1 fully saturated rings. The fourth-order valence-electron chi connectivity index (χ4n) is 2.67. The van der Waals surface area contributed by atoms with Crippen molar-refractivity contribution in [2.45, 2.75) is 26.4 Å². The normalized spacial score (nSPS) is 20.8. The lowest BCUT2D eigenvalue weighted by molar-refractivity contribution is -0.0137. The van der Waals surface area contributed by atoms with E-state index in [4.69, 9.17) is 9.15 Å². The predicted octanol–water partition coefficient (Wildman–Crippen LogP) is 1.59. The molecule has 1 N–H and O–H groups in total. The lowest BCUT2D eigenvalue weighted by Crippen LogP contribution is -2.39. The van der Waals surface area contributed by atoms with E-state index in [0.717, 1.165) is 36.8 Å². The lowest BCUT2D eigenvalue weighted by Gasteiger charge is -2.35. The molecule has 1 atom stereocenters. The van der Waals surface area contributed by atoms with Crippen LogP contribution in [-0.4, -0.2) is 39.8 Å². The Kier molecular flexibility index (Phi) is 3.35. The van der Waals surface area contributed by atoms with Crippen molar-refractivity contribution >= 4 is 0 Å². The number of aromatic amines is 1. The quantitative estimate of drug-likeness (QED) is 0.909. The summed E-state index contributed by atoms with van der Waals surface area (Å²) in [5.74, 6) is 0. The molecule has 2 aromatic rings. The van der Waals surface area contributed by atoms with Crippen LogP contribution in [0.2, 0.25) is 0 Å². The minimum atomic E-state index is 0.226. The highest BCUT2D eigenvalue weighted by Crippen LogP contribution is 2.29. The Bertz CT molecular complexity index is 515. The number of hydrogen-bond acceptors (Lipinski definition) is 5. The number of nitrogens with zero attached hydrogens (tertiary/aromatic N) is 3. The molecule has 102 valence electrons. The largest absolute Gasteiger partial charge is 0.451 e. The molecule has 1 aliphatic rings. The summed E-state index contributed by atoms with van der Waals surface area (Å²) in [5, 5.41) is 7.33. The average molecular weight is 262 g/mol. The van der Waals surface area contributed by atoms with Gasteiger partial charge >= 0.3 is 0 Å². The molecule has 0 saturated carbocycles. The minimum Gasteiger partial charge on any atom is -0.451 e. The average Bonchev–Trinajstić information content (AvgIpc) is 3.02. The third kappa shape index (κ3) is 2.41. The van der Waals surface area contributed by atoms with E-state index < -0.39 is 0 Å². The molecule has 19 heavy (non-hydrogen) atoms. The summed E-state index contributed by atoms with van der Waals surface area (Å²) in [6.45, 7) is 7.19. The molecule has 3 heterocycles. The maximum Gasteiger partial charge on any atom is 0.180 e. The van der Waals surface area contributed by atoms with Crippen LogP contribution in [0, 0.1) is 13.8 Å². The molecule has 0 bridgehead atoms. The van der Waals surface area contributed by atoms with Gasteiger partial charge in [0, 0.05) is 24.3 Å². The van der Waals surface area contributed by atoms with Gasteiger partial charge in [-0.05, 0) is 13.8 Å². The second kappa shape index (κ2) is 5.14. The second-order valence-corrected chi connectivity index (χ2v) is 4.89. The second-order valence-electron chi connectivity index (χ2n) is 4.89. The minimum absolute atomic E-state index is 0.226. The standard InChI is InChI=1S/C13H18N4O2/c1-9-13(10(2)16-15-9)12-7-18-4-3-17(12)5-11-6-19-8-14-11/h6,8,12H,3-5,7H2,1-2H3,(H,15,16). The first-order chi connectivity index (χ1) is 9.25. The van der Waals surface area contributed by atoms with Crippen molar-refractivity contribution in [3.8, 4) is 0 Å². The topological polar surface area (TPSA) is 67.2 Å². The van der Waals surface area contributed by atoms with Gasteiger partial charge in [-0.15, -0.1) is 0 Å². The van der Waals surface area contributed by atoms with Gasteiger partial charge in [-0.3, -0.25) is 10.00 Å². The molecular weight excluding hydrogens is 244 g/mol. The third-order valence-electron chi connectivity index (χ3n) is 3.61. The number of ether oxygens (including phenoxy) is 1. The van der Waals surface area contributed by atoms with Gasteiger partial charge in [0.05, 0.1) is 30.6 Å². The van der Waals surface area contributed by atoms with E-state index in [1.165, 1.54) is 12.0 Å². The fourth-order valence-corrected chi connectivity index (χ4v) is 2.67. The highest BCUT2D eigenvalue weighted by atomic mass is 16.5. The highest BCUT2D eigenvalue weighted by Gasteiger charge is 2.28. The van der Waals surface area contributed by atoms with Crippen LogP contribution in [0.1, 0.15) is 28.7 Å². The fraction of sp³-hybridized carbons (Fsp3) is 0.538. The molecule has 3 rings (SSSR count). The Hall–Kier alpha value is -1.66. The van der Waals surface area contributed by atoms with E-state index in [-0.39, 0.29) is 6.04 Å². The lowest BCUT2D eigenvalue weighted by atomic mass is 10.0. The van der Waals surface area contributed by atoms with E-state index in [0.29, 0.717) is 6.61 Å². The molecule has 0 aliphatic carbocycles. The van der Waals surface area contributed by atoms with Gasteiger partial charge in [0.2, 0.25) is 0 Å². The van der Waals surface area contributed by atoms with E-state index in [1.54, 1.807) is 6.26 Å². The SMILES string of the molecule is Cc1n[nH]c(C)c1C1COCCN1Cc1cocn1. The van der Waals surface area contributed by atoms with Crippen molar-refractivity contribution in [3.05, 3.63) is 35.3 Å². The van der Waals surface area contributed by atoms with Crippen LogP contribution in [-0.2, 0) is 11.3 Å². The van der Waals surface area contributed by atoms with E-state index in [1.807, 2.05) is 6.92 Å². The maximum absolute atomic E-state index is 5.64. The summed E-state index contributed by atoms with van der Waals surface area (Å²) in [4.78, 5) is 6.57. The molecule has 6 heteroatoms. The molecule has 0 amide bonds. The number of nitrogens with one attached hydrogen (secondary N) is 1. The highest BCUT2D eigenvalue weighted by molar-refractivity contribution is 5.27. The number of oxazole rings is 1. The number of hydrogen-bond donors (Lipinski definition) is 1. The molecular formula is C13H18N4O2. The zero-order chi connectivity index (χ0) is 13.2. The van der Waals surface area contributed by atoms with Crippen molar-refractivity contribution in [1.29, 1.82) is 0 Å². The summed E-state index contributed by atoms with van der Waals surface area (Å²) in [6.07, 6.45) is 3.17. The number of H-pyrrole nitrogens is 1. The van der Waals surface area contributed by atoms with Crippen LogP contribution in [0.5, 0.6) is 0 Å². The summed E-state index contributed by atoms with van der Waals surface area (Å²) in [7, 11) is 0. The number of rotatable bonds is 3. The molecule has 0 spiro atoms. The van der Waals surface area contributed by atoms with Gasteiger partial charge in [0.15, 0.2) is 6.39 Å². The molecule has 1 unspecified atom stereocenters. The molecule has 6 nitrogen and oxygen atoms in total. The van der Waals surface area contributed by atoms with E-state index in [9.17, 15) is 0 Å². The van der Waals surface area contributed by atoms with Gasteiger partial charge in [0.25, 0.3) is 0 Å². The summed E-state index contributed by atoms with van der Waals surface area (Å²) < 4.78 is 10.7. The van der Waals surface area contributed by atoms with Gasteiger partial charge in [-0.25, -0.2) is 4.98 Å². The Morgan fingerprint density at radius 2 is 2.37 bits per heavy atom. The van der Waals surface area contributed by atoms with Crippen LogP contribution in [0.4, 0.5) is 0 Å². The number of aryl methyl sites for hydroxylation is 2. The van der Waals surface area contributed by atoms with E-state index >= 15 is 0 Å². The van der Waals surface area contributed by atoms with Gasteiger partial charge < -0.3 is 9.15 Å². The summed E-state index contributed by atoms with van der Waals surface area (Å²) >= 11 is 0. The zero-order valence-corrected chi connectivity index (χ0v) is 11.2. The molecule has 2 aromatic heterocycles. The summed E-state index contributed by atoms with van der Waals surface area (Å²) in [6, 6.07) is 0.226. The zero-order valence-electron chi connectivity index (χ0n) is 11.2. The van der Waals surface area contributed by atoms with Gasteiger partial charge in [-0.1, -0.05) is 0 Å². The van der Waals surface area contributed by atoms with Crippen molar-refractivity contribution < 1.29 is 9.15 Å². The summed E-state index contributed by atoms with van der Waals surface area (Å²) in [5.41, 5.74) is 4.34. The van der Waals surface area contributed by atoms with Crippen LogP contribution in [0.25, 0.3) is 0 Å². The smallest absolute Gasteiger partial charge is 0.180 e. The van der Waals surface area contributed by atoms with Crippen molar-refractivity contribution in [2.24, 2.45) is 0 Å². The van der Waals surface area contributed by atoms with Crippen LogP contribution >= 0.6 is 0 Å². The molecule has 1 aliphatic heterocycles. The maximum atomic E-state index is 5.64. The van der Waals surface area contributed by atoms with Crippen LogP contribution in [0.3, 0.4) is 0 Å². The van der Waals surface area contributed by atoms with Crippen LogP contribution < -0.4 is 0 Å². The first-order valence-corrected chi connectivity index (χ1v) is 6.46. The number of morpholine rings is 1. The van der Waals surface area contributed by atoms with E-state index in [2.05, 4.69) is 27.0 Å². The Morgan fingerprint density at radius 3 is 3.05 bits per heavy atom.